The first kappa shape index (κ1) is 14.4. The molecule has 1 heterocycles. The zero-order valence-electron chi connectivity index (χ0n) is 11.0. The summed E-state index contributed by atoms with van der Waals surface area (Å²) in [4.78, 5) is 26.4. The van der Waals surface area contributed by atoms with Gasteiger partial charge in [-0.1, -0.05) is 0 Å². The van der Waals surface area contributed by atoms with Gasteiger partial charge in [-0.05, 0) is 24.3 Å². The highest BCUT2D eigenvalue weighted by atomic mass is 19.1. The van der Waals surface area contributed by atoms with Crippen LogP contribution in [0.3, 0.4) is 0 Å². The summed E-state index contributed by atoms with van der Waals surface area (Å²) in [5, 5.41) is 11.3. The lowest BCUT2D eigenvalue weighted by Gasteiger charge is -2.08. The van der Waals surface area contributed by atoms with Crippen molar-refractivity contribution in [3.05, 3.63) is 53.6 Å². The molecule has 0 unspecified atom stereocenters. The highest BCUT2D eigenvalue weighted by molar-refractivity contribution is 6.05. The van der Waals surface area contributed by atoms with E-state index < -0.39 is 17.7 Å². The molecule has 0 atom stereocenters. The molecule has 0 aliphatic heterocycles. The number of methoxy groups -OCH3 is 1. The van der Waals surface area contributed by atoms with Crippen LogP contribution >= 0.6 is 0 Å². The molecule has 0 radical (unpaired) electrons. The van der Waals surface area contributed by atoms with Gasteiger partial charge in [-0.15, -0.1) is 0 Å². The number of pyridine rings is 1. The molecule has 7 heteroatoms. The summed E-state index contributed by atoms with van der Waals surface area (Å²) < 4.78 is 18.1. The van der Waals surface area contributed by atoms with Crippen molar-refractivity contribution >= 4 is 17.6 Å². The van der Waals surface area contributed by atoms with Crippen molar-refractivity contribution in [2.45, 2.75) is 0 Å². The molecule has 21 heavy (non-hydrogen) atoms. The van der Waals surface area contributed by atoms with Crippen molar-refractivity contribution < 1.29 is 23.8 Å². The van der Waals surface area contributed by atoms with Crippen LogP contribution in [0.5, 0.6) is 5.75 Å². The number of nitrogens with zero attached hydrogens (tertiary/aromatic N) is 1. The van der Waals surface area contributed by atoms with Gasteiger partial charge >= 0.3 is 5.97 Å². The second kappa shape index (κ2) is 6.00. The number of carboxylic acids is 1. The van der Waals surface area contributed by atoms with Crippen LogP contribution in [0.1, 0.15) is 20.8 Å². The Hall–Kier alpha value is -2.96. The molecule has 0 saturated heterocycles. The highest BCUT2D eigenvalue weighted by Crippen LogP contribution is 2.21. The maximum atomic E-state index is 13.3. The normalized spacial score (nSPS) is 10.0. The molecule has 0 aliphatic rings. The number of aromatic nitrogens is 1. The number of carboxylic acid groups (broad SMARTS) is 1. The fourth-order valence-corrected chi connectivity index (χ4v) is 1.63. The van der Waals surface area contributed by atoms with Crippen LogP contribution < -0.4 is 10.1 Å². The van der Waals surface area contributed by atoms with E-state index in [0.29, 0.717) is 5.69 Å². The van der Waals surface area contributed by atoms with Gasteiger partial charge in [0, 0.05) is 23.5 Å². The number of hydrogen-bond acceptors (Lipinski definition) is 4. The molecular weight excluding hydrogens is 279 g/mol. The first-order valence-corrected chi connectivity index (χ1v) is 5.85. The number of carbonyl (C=O) groups excluding carboxylic acids is 1. The van der Waals surface area contributed by atoms with Gasteiger partial charge in [-0.3, -0.25) is 4.79 Å². The standard InChI is InChI=1S/C14H11FN2O4/c1-21-12-7-9(2-3-10(12)15)17-13(18)8-4-5-16-11(6-8)14(19)20/h2-7H,1H3,(H,17,18)(H,19,20). The number of ether oxygens (including phenoxy) is 1. The molecule has 6 nitrogen and oxygen atoms in total. The molecule has 1 amide bonds. The average Bonchev–Trinajstić information content (AvgIpc) is 2.49. The molecule has 1 aromatic carbocycles. The quantitative estimate of drug-likeness (QED) is 0.901. The number of halogens is 1. The first-order chi connectivity index (χ1) is 10.0. The number of aromatic carboxylic acids is 1. The third-order valence-electron chi connectivity index (χ3n) is 2.65. The zero-order valence-corrected chi connectivity index (χ0v) is 11.0. The van der Waals surface area contributed by atoms with E-state index in [1.165, 1.54) is 31.5 Å². The van der Waals surface area contributed by atoms with Crippen molar-refractivity contribution in [1.29, 1.82) is 0 Å². The Labute approximate surface area is 119 Å². The number of nitrogens with one attached hydrogen (secondary N) is 1. The van der Waals surface area contributed by atoms with E-state index in [1.807, 2.05) is 0 Å². The molecule has 108 valence electrons. The third-order valence-corrected chi connectivity index (χ3v) is 2.65. The van der Waals surface area contributed by atoms with Gasteiger partial charge in [0.05, 0.1) is 7.11 Å². The van der Waals surface area contributed by atoms with Gasteiger partial charge in [0.2, 0.25) is 0 Å². The Morgan fingerprint density at radius 2 is 2.05 bits per heavy atom. The Bertz CT molecular complexity index is 703. The maximum Gasteiger partial charge on any atom is 0.354 e. The van der Waals surface area contributed by atoms with E-state index in [1.54, 1.807) is 0 Å². The Balaban J connectivity index is 2.22. The smallest absolute Gasteiger partial charge is 0.354 e. The molecule has 2 aromatic rings. The molecule has 0 fully saturated rings. The lowest BCUT2D eigenvalue weighted by atomic mass is 10.2. The Kier molecular flexibility index (Phi) is 4.13. The average molecular weight is 290 g/mol. The highest BCUT2D eigenvalue weighted by Gasteiger charge is 2.12. The first-order valence-electron chi connectivity index (χ1n) is 5.85. The van der Waals surface area contributed by atoms with Crippen LogP contribution in [-0.4, -0.2) is 29.1 Å². The van der Waals surface area contributed by atoms with Crippen molar-refractivity contribution in [1.82, 2.24) is 4.98 Å². The lowest BCUT2D eigenvalue weighted by molar-refractivity contribution is 0.0690. The van der Waals surface area contributed by atoms with E-state index in [0.717, 1.165) is 12.1 Å². The van der Waals surface area contributed by atoms with Crippen LogP contribution in [0, 0.1) is 5.82 Å². The van der Waals surface area contributed by atoms with E-state index >= 15 is 0 Å². The molecule has 2 rings (SSSR count). The monoisotopic (exact) mass is 290 g/mol. The second-order valence-electron chi connectivity index (χ2n) is 4.04. The van der Waals surface area contributed by atoms with Gasteiger partial charge < -0.3 is 15.2 Å². The van der Waals surface area contributed by atoms with Crippen LogP contribution in [0.25, 0.3) is 0 Å². The Morgan fingerprint density at radius 1 is 1.29 bits per heavy atom. The summed E-state index contributed by atoms with van der Waals surface area (Å²) >= 11 is 0. The predicted molar refractivity (Wildman–Crippen MR) is 72.1 cm³/mol. The summed E-state index contributed by atoms with van der Waals surface area (Å²) in [6.07, 6.45) is 1.23. The minimum Gasteiger partial charge on any atom is -0.494 e. The molecular formula is C14H11FN2O4. The van der Waals surface area contributed by atoms with Crippen molar-refractivity contribution in [2.24, 2.45) is 0 Å². The zero-order chi connectivity index (χ0) is 15.4. The van der Waals surface area contributed by atoms with Gasteiger partial charge in [0.1, 0.15) is 5.69 Å². The number of amides is 1. The van der Waals surface area contributed by atoms with Crippen LogP contribution in [0.2, 0.25) is 0 Å². The largest absolute Gasteiger partial charge is 0.494 e. The summed E-state index contributed by atoms with van der Waals surface area (Å²) in [5.41, 5.74) is 0.219. The molecule has 0 spiro atoms. The molecule has 1 aromatic heterocycles. The molecule has 0 aliphatic carbocycles. The number of rotatable bonds is 4. The summed E-state index contributed by atoms with van der Waals surface area (Å²) in [5.74, 6) is -2.32. The fourth-order valence-electron chi connectivity index (χ4n) is 1.63. The van der Waals surface area contributed by atoms with Gasteiger partial charge in [0.25, 0.3) is 5.91 Å². The summed E-state index contributed by atoms with van der Waals surface area (Å²) in [6, 6.07) is 6.38. The molecule has 2 N–H and O–H groups in total. The van der Waals surface area contributed by atoms with Crippen molar-refractivity contribution in [2.75, 3.05) is 12.4 Å². The van der Waals surface area contributed by atoms with Crippen LogP contribution in [0.4, 0.5) is 10.1 Å². The molecule has 0 saturated carbocycles. The van der Waals surface area contributed by atoms with Crippen molar-refractivity contribution in [3.63, 3.8) is 0 Å². The maximum absolute atomic E-state index is 13.3. The van der Waals surface area contributed by atoms with Gasteiger partial charge in [-0.2, -0.15) is 0 Å². The summed E-state index contributed by atoms with van der Waals surface area (Å²) in [6.45, 7) is 0. The van der Waals surface area contributed by atoms with E-state index in [2.05, 4.69) is 10.3 Å². The summed E-state index contributed by atoms with van der Waals surface area (Å²) in [7, 11) is 1.31. The van der Waals surface area contributed by atoms with E-state index in [4.69, 9.17) is 9.84 Å². The second-order valence-corrected chi connectivity index (χ2v) is 4.04. The van der Waals surface area contributed by atoms with Gasteiger partial charge in [0.15, 0.2) is 11.6 Å². The predicted octanol–water partition coefficient (Wildman–Crippen LogP) is 2.18. The molecule has 0 bridgehead atoms. The van der Waals surface area contributed by atoms with Crippen LogP contribution in [-0.2, 0) is 0 Å². The number of carbonyl (C=O) groups is 2. The van der Waals surface area contributed by atoms with E-state index in [-0.39, 0.29) is 17.0 Å². The lowest BCUT2D eigenvalue weighted by Crippen LogP contribution is -2.13. The Morgan fingerprint density at radius 3 is 2.71 bits per heavy atom. The van der Waals surface area contributed by atoms with E-state index in [9.17, 15) is 14.0 Å². The SMILES string of the molecule is COc1cc(NC(=O)c2ccnc(C(=O)O)c2)ccc1F. The fraction of sp³-hybridized carbons (Fsp3) is 0.0714. The number of hydrogen-bond donors (Lipinski definition) is 2. The minimum absolute atomic E-state index is 0.00578. The topological polar surface area (TPSA) is 88.5 Å². The number of anilines is 1. The van der Waals surface area contributed by atoms with Crippen molar-refractivity contribution in [3.8, 4) is 5.75 Å². The van der Waals surface area contributed by atoms with Gasteiger partial charge in [-0.25, -0.2) is 14.2 Å². The minimum atomic E-state index is -1.23. The van der Waals surface area contributed by atoms with Crippen LogP contribution in [0.15, 0.2) is 36.5 Å². The number of benzene rings is 1. The third kappa shape index (κ3) is 3.33.